The van der Waals surface area contributed by atoms with E-state index in [4.69, 9.17) is 0 Å². The van der Waals surface area contributed by atoms with Crippen molar-refractivity contribution in [3.05, 3.63) is 28.9 Å². The van der Waals surface area contributed by atoms with Crippen LogP contribution < -0.4 is 10.6 Å². The molecule has 0 aliphatic carbocycles. The highest BCUT2D eigenvalue weighted by molar-refractivity contribution is 7.20. The van der Waals surface area contributed by atoms with E-state index in [-0.39, 0.29) is 17.9 Å². The number of nitrogens with one attached hydrogen (secondary N) is 2. The van der Waals surface area contributed by atoms with E-state index in [0.29, 0.717) is 17.8 Å². The van der Waals surface area contributed by atoms with Gasteiger partial charge in [-0.05, 0) is 43.8 Å². The molecule has 5 heterocycles. The number of hydrogen-bond acceptors (Lipinski definition) is 6. The van der Waals surface area contributed by atoms with Crippen molar-refractivity contribution in [3.63, 3.8) is 0 Å². The van der Waals surface area contributed by atoms with Crippen LogP contribution in [0.3, 0.4) is 0 Å². The number of hydrogen-bond donors (Lipinski definition) is 2. The molecule has 2 amide bonds. The van der Waals surface area contributed by atoms with Gasteiger partial charge in [-0.25, -0.2) is 4.98 Å². The third-order valence-electron chi connectivity index (χ3n) is 6.25. The summed E-state index contributed by atoms with van der Waals surface area (Å²) in [5.74, 6) is -0.0484. The second-order valence-corrected chi connectivity index (χ2v) is 9.26. The molecule has 0 aromatic carbocycles. The summed E-state index contributed by atoms with van der Waals surface area (Å²) in [6.45, 7) is 3.32. The number of carbonyl (C=O) groups is 2. The average Bonchev–Trinajstić information content (AvgIpc) is 3.42. The van der Waals surface area contributed by atoms with E-state index in [2.05, 4.69) is 27.6 Å². The first-order valence-electron chi connectivity index (χ1n) is 10.0. The summed E-state index contributed by atoms with van der Waals surface area (Å²) in [5, 5.41) is 7.58. The van der Waals surface area contributed by atoms with Crippen LogP contribution in [0, 0.1) is 0 Å². The number of amides is 2. The summed E-state index contributed by atoms with van der Waals surface area (Å²) in [6.07, 6.45) is 5.06. The topological polar surface area (TPSA) is 77.6 Å². The fourth-order valence-electron chi connectivity index (χ4n) is 4.57. The summed E-state index contributed by atoms with van der Waals surface area (Å²) in [4.78, 5) is 34.7. The smallest absolute Gasteiger partial charge is 0.270 e. The van der Waals surface area contributed by atoms with Gasteiger partial charge in [0.15, 0.2) is 0 Å². The molecule has 3 saturated heterocycles. The van der Waals surface area contributed by atoms with Gasteiger partial charge < -0.3 is 20.4 Å². The normalized spacial score (nSPS) is 27.5. The first kappa shape index (κ1) is 18.0. The Kier molecular flexibility index (Phi) is 4.57. The molecule has 0 radical (unpaired) electrons. The van der Waals surface area contributed by atoms with Gasteiger partial charge in [0.05, 0.1) is 9.58 Å². The zero-order valence-electron chi connectivity index (χ0n) is 16.0. The minimum absolute atomic E-state index is 0.0772. The molecule has 7 nitrogen and oxygen atoms in total. The molecular weight excluding hydrogens is 374 g/mol. The van der Waals surface area contributed by atoms with Gasteiger partial charge in [-0.1, -0.05) is 0 Å². The monoisotopic (exact) mass is 399 g/mol. The molecule has 2 aromatic heterocycles. The van der Waals surface area contributed by atoms with Crippen LogP contribution in [-0.4, -0.2) is 78.0 Å². The molecule has 0 saturated carbocycles. The van der Waals surface area contributed by atoms with Crippen molar-refractivity contribution in [1.29, 1.82) is 0 Å². The first-order chi connectivity index (χ1) is 13.6. The van der Waals surface area contributed by atoms with Crippen molar-refractivity contribution in [2.75, 3.05) is 33.2 Å². The van der Waals surface area contributed by atoms with Crippen LogP contribution in [0.5, 0.6) is 0 Å². The Morgan fingerprint density at radius 2 is 2.04 bits per heavy atom. The average molecular weight is 400 g/mol. The number of carbonyl (C=O) groups excluding carboxylic acids is 2. The Morgan fingerprint density at radius 3 is 2.75 bits per heavy atom. The molecular formula is C20H25N5O2S. The van der Waals surface area contributed by atoms with Crippen molar-refractivity contribution in [1.82, 2.24) is 25.4 Å². The number of rotatable bonds is 3. The van der Waals surface area contributed by atoms with Crippen LogP contribution in [-0.2, 0) is 0 Å². The number of likely N-dealkylation sites (N-methyl/N-ethyl adjacent to an activating group) is 1. The molecule has 2 aromatic rings. The second-order valence-electron chi connectivity index (χ2n) is 8.18. The highest BCUT2D eigenvalue weighted by Crippen LogP contribution is 2.29. The van der Waals surface area contributed by atoms with Gasteiger partial charge >= 0.3 is 0 Å². The molecule has 3 aliphatic heterocycles. The number of fused-ring (bicyclic) bond motifs is 3. The molecule has 3 fully saturated rings. The Morgan fingerprint density at radius 1 is 1.21 bits per heavy atom. The third-order valence-corrected chi connectivity index (χ3v) is 7.33. The molecule has 3 atom stereocenters. The third kappa shape index (κ3) is 3.29. The molecule has 3 aliphatic rings. The lowest BCUT2D eigenvalue weighted by Gasteiger charge is -2.32. The van der Waals surface area contributed by atoms with Crippen LogP contribution in [0.1, 0.15) is 39.4 Å². The van der Waals surface area contributed by atoms with E-state index < -0.39 is 0 Å². The van der Waals surface area contributed by atoms with Crippen LogP contribution >= 0.6 is 11.3 Å². The maximum absolute atomic E-state index is 12.8. The number of pyridine rings is 1. The molecule has 148 valence electrons. The summed E-state index contributed by atoms with van der Waals surface area (Å²) in [7, 11) is 2.08. The Labute approximate surface area is 168 Å². The van der Waals surface area contributed by atoms with Crippen molar-refractivity contribution in [3.8, 4) is 0 Å². The van der Waals surface area contributed by atoms with E-state index in [0.717, 1.165) is 54.0 Å². The quantitative estimate of drug-likeness (QED) is 0.814. The van der Waals surface area contributed by atoms with E-state index in [1.54, 1.807) is 6.20 Å². The zero-order valence-corrected chi connectivity index (χ0v) is 16.8. The predicted octanol–water partition coefficient (Wildman–Crippen LogP) is 1.31. The minimum atomic E-state index is -0.126. The summed E-state index contributed by atoms with van der Waals surface area (Å²) < 4.78 is 0.940. The lowest BCUT2D eigenvalue weighted by molar-refractivity contribution is 0.0669. The van der Waals surface area contributed by atoms with E-state index >= 15 is 0 Å². The van der Waals surface area contributed by atoms with Gasteiger partial charge in [0, 0.05) is 50.5 Å². The summed E-state index contributed by atoms with van der Waals surface area (Å²) in [5.41, 5.74) is 0.423. The fraction of sp³-hybridized carbons (Fsp3) is 0.550. The number of aromatic nitrogens is 1. The van der Waals surface area contributed by atoms with Gasteiger partial charge in [-0.3, -0.25) is 9.59 Å². The molecule has 2 N–H and O–H groups in total. The van der Waals surface area contributed by atoms with E-state index in [9.17, 15) is 9.59 Å². The van der Waals surface area contributed by atoms with Gasteiger partial charge in [-0.15, -0.1) is 11.3 Å². The first-order valence-corrected chi connectivity index (χ1v) is 10.8. The number of thiophene rings is 1. The Hall–Kier alpha value is -2.03. The molecule has 8 heteroatoms. The van der Waals surface area contributed by atoms with Gasteiger partial charge in [0.25, 0.3) is 11.8 Å². The lowest BCUT2D eigenvalue weighted by atomic mass is 9.95. The largest absolute Gasteiger partial charge is 0.346 e. The molecule has 5 rings (SSSR count). The molecule has 2 bridgehead atoms. The number of nitrogens with zero attached hydrogens (tertiary/aromatic N) is 3. The predicted molar refractivity (Wildman–Crippen MR) is 109 cm³/mol. The van der Waals surface area contributed by atoms with Crippen molar-refractivity contribution in [2.45, 2.75) is 37.4 Å². The highest BCUT2D eigenvalue weighted by atomic mass is 32.1. The van der Waals surface area contributed by atoms with Crippen molar-refractivity contribution in [2.24, 2.45) is 0 Å². The second kappa shape index (κ2) is 7.09. The fourth-order valence-corrected chi connectivity index (χ4v) is 5.55. The Balaban J connectivity index is 1.31. The minimum Gasteiger partial charge on any atom is -0.346 e. The van der Waals surface area contributed by atoms with Crippen LogP contribution in [0.15, 0.2) is 18.3 Å². The highest BCUT2D eigenvalue weighted by Gasteiger charge is 2.39. The van der Waals surface area contributed by atoms with Gasteiger partial charge in [-0.2, -0.15) is 0 Å². The van der Waals surface area contributed by atoms with Crippen molar-refractivity contribution < 1.29 is 9.59 Å². The summed E-state index contributed by atoms with van der Waals surface area (Å²) >= 11 is 1.45. The zero-order chi connectivity index (χ0) is 19.3. The maximum Gasteiger partial charge on any atom is 0.270 e. The molecule has 28 heavy (non-hydrogen) atoms. The SMILES string of the molecule is CN1CCN(C(=O)c2cc3cc(C(=O)N[C@@H]4C[C@H]5CC[C@@H]4N5)ncc3s2)CC1. The molecule has 0 spiro atoms. The van der Waals surface area contributed by atoms with Crippen LogP contribution in [0.4, 0.5) is 0 Å². The standard InChI is InChI=1S/C20H25N5O2S/c1-24-4-6-25(7-5-24)20(27)17-9-12-8-16(21-11-18(12)28-17)19(26)23-15-10-13-2-3-14(15)22-13/h8-9,11,13-15,22H,2-7,10H2,1H3,(H,23,26)/t13-,14+,15-/m1/s1. The van der Waals surface area contributed by atoms with Crippen LogP contribution in [0.25, 0.3) is 10.1 Å². The van der Waals surface area contributed by atoms with Crippen LogP contribution in [0.2, 0.25) is 0 Å². The Bertz CT molecular complexity index is 920. The van der Waals surface area contributed by atoms with E-state index in [1.807, 2.05) is 17.0 Å². The van der Waals surface area contributed by atoms with Crippen molar-refractivity contribution >= 4 is 33.2 Å². The number of piperazine rings is 1. The summed E-state index contributed by atoms with van der Waals surface area (Å²) in [6, 6.07) is 4.85. The van der Waals surface area contributed by atoms with E-state index in [1.165, 1.54) is 17.8 Å². The molecule has 0 unspecified atom stereocenters. The van der Waals surface area contributed by atoms with Gasteiger partial charge in [0.2, 0.25) is 0 Å². The van der Waals surface area contributed by atoms with Gasteiger partial charge in [0.1, 0.15) is 5.69 Å². The maximum atomic E-state index is 12.8. The lowest BCUT2D eigenvalue weighted by Crippen LogP contribution is -2.46.